The van der Waals surface area contributed by atoms with Crippen LogP contribution in [0.2, 0.25) is 0 Å². The van der Waals surface area contributed by atoms with E-state index in [0.29, 0.717) is 0 Å². The molecule has 0 aliphatic rings. The van der Waals surface area contributed by atoms with Crippen LogP contribution in [0.3, 0.4) is 0 Å². The molecule has 0 aromatic carbocycles. The van der Waals surface area contributed by atoms with Crippen LogP contribution in [0.25, 0.3) is 0 Å². The molecule has 0 aliphatic carbocycles. The minimum Gasteiger partial charge on any atom is -0.478 e. The van der Waals surface area contributed by atoms with Crippen molar-refractivity contribution in [2.24, 2.45) is 0 Å². The summed E-state index contributed by atoms with van der Waals surface area (Å²) in [6, 6.07) is 0. The molecule has 0 saturated heterocycles. The molecule has 0 fully saturated rings. The Labute approximate surface area is 44.2 Å². The topological polar surface area (TPSA) is 37.3 Å². The molecule has 0 aromatic heterocycles. The third-order valence-corrected chi connectivity index (χ3v) is 1.63. The summed E-state index contributed by atoms with van der Waals surface area (Å²) >= 11 is 1.81. The van der Waals surface area contributed by atoms with Crippen LogP contribution in [0, 0.1) is 0 Å². The second-order valence-corrected chi connectivity index (χ2v) is 2.63. The van der Waals surface area contributed by atoms with E-state index in [4.69, 9.17) is 5.11 Å². The van der Waals surface area contributed by atoms with Crippen LogP contribution < -0.4 is 0 Å². The second-order valence-electron chi connectivity index (χ2n) is 0.400. The van der Waals surface area contributed by atoms with Crippen LogP contribution in [-0.4, -0.2) is 10.8 Å². The molecule has 0 aromatic rings. The minimum absolute atomic E-state index is 0.000864. The Kier molecular flexibility index (Phi) is 3.20. The largest absolute Gasteiger partial charge is 0.478 e. The quantitative estimate of drug-likeness (QED) is 0.521. The summed E-state index contributed by atoms with van der Waals surface area (Å²) in [6.07, 6.45) is 0.000864. The lowest BCUT2D eigenvalue weighted by Crippen LogP contribution is -1.69. The molecule has 2 nitrogen and oxygen atoms in total. The van der Waals surface area contributed by atoms with Crippen molar-refractivity contribution in [3.05, 3.63) is 0 Å². The van der Waals surface area contributed by atoms with E-state index in [1.54, 1.807) is 22.0 Å². The highest BCUT2D eigenvalue weighted by Crippen LogP contribution is 2.19. The van der Waals surface area contributed by atoms with Crippen molar-refractivity contribution in [3.8, 4) is 0 Å². The molecule has 0 spiro atoms. The SMILES string of the molecule is O=C(O)PI. The van der Waals surface area contributed by atoms with E-state index in [1.165, 1.54) is 0 Å². The zero-order chi connectivity index (χ0) is 4.28. The van der Waals surface area contributed by atoms with Gasteiger partial charge in [0.1, 0.15) is 0 Å². The normalized spacial score (nSPS) is 9.80. The van der Waals surface area contributed by atoms with E-state index in [9.17, 15) is 4.79 Å². The average molecular weight is 204 g/mol. The number of carboxylic acid groups (broad SMARTS) is 1. The van der Waals surface area contributed by atoms with Crippen molar-refractivity contribution in [2.75, 3.05) is 0 Å². The Bertz CT molecular complexity index is 44.9. The van der Waals surface area contributed by atoms with Crippen molar-refractivity contribution >= 4 is 34.0 Å². The minimum atomic E-state index is -0.731. The molecule has 0 saturated carbocycles. The van der Waals surface area contributed by atoms with Gasteiger partial charge >= 0.3 is 5.71 Å². The lowest BCUT2D eigenvalue weighted by atomic mass is 11.6. The van der Waals surface area contributed by atoms with E-state index in [0.717, 1.165) is 0 Å². The Morgan fingerprint density at radius 1 is 2.00 bits per heavy atom. The van der Waals surface area contributed by atoms with Crippen molar-refractivity contribution in [2.45, 2.75) is 0 Å². The fourth-order valence-electron chi connectivity index (χ4n) is 0. The van der Waals surface area contributed by atoms with Gasteiger partial charge in [0.25, 0.3) is 0 Å². The zero-order valence-corrected chi connectivity index (χ0v) is 5.39. The molecule has 0 aliphatic heterocycles. The summed E-state index contributed by atoms with van der Waals surface area (Å²) in [5, 5.41) is 7.73. The highest BCUT2D eigenvalue weighted by molar-refractivity contribution is 14.2. The lowest BCUT2D eigenvalue weighted by Gasteiger charge is -1.70. The summed E-state index contributed by atoms with van der Waals surface area (Å²) in [5.41, 5.74) is -0.731. The molecule has 4 heteroatoms. The summed E-state index contributed by atoms with van der Waals surface area (Å²) in [4.78, 5) is 9.37. The van der Waals surface area contributed by atoms with Crippen molar-refractivity contribution in [1.82, 2.24) is 0 Å². The Morgan fingerprint density at radius 2 is 2.20 bits per heavy atom. The molecule has 1 unspecified atom stereocenters. The maximum absolute atomic E-state index is 9.37. The number of hydrogen-bond acceptors (Lipinski definition) is 1. The molecule has 1 atom stereocenters. The van der Waals surface area contributed by atoms with Crippen LogP contribution in [-0.2, 0) is 0 Å². The Hall–Kier alpha value is 0.630. The van der Waals surface area contributed by atoms with E-state index in [-0.39, 0.29) is 6.22 Å². The van der Waals surface area contributed by atoms with Gasteiger partial charge in [-0.1, -0.05) is 0 Å². The van der Waals surface area contributed by atoms with E-state index < -0.39 is 5.71 Å². The van der Waals surface area contributed by atoms with Crippen LogP contribution >= 0.6 is 28.3 Å². The van der Waals surface area contributed by atoms with E-state index >= 15 is 0 Å². The van der Waals surface area contributed by atoms with E-state index in [2.05, 4.69) is 0 Å². The van der Waals surface area contributed by atoms with Crippen LogP contribution in [0.4, 0.5) is 4.79 Å². The van der Waals surface area contributed by atoms with Crippen LogP contribution in [0.15, 0.2) is 0 Å². The maximum Gasteiger partial charge on any atom is 0.330 e. The zero-order valence-electron chi connectivity index (χ0n) is 2.23. The van der Waals surface area contributed by atoms with Gasteiger partial charge in [0, 0.05) is 0 Å². The van der Waals surface area contributed by atoms with Gasteiger partial charge in [-0.15, -0.1) is 0 Å². The van der Waals surface area contributed by atoms with Gasteiger partial charge < -0.3 is 5.11 Å². The van der Waals surface area contributed by atoms with Gasteiger partial charge in [0.15, 0.2) is 0 Å². The Balaban J connectivity index is 2.85. The highest BCUT2D eigenvalue weighted by Gasteiger charge is 1.82. The predicted molar refractivity (Wildman–Crippen MR) is 30.4 cm³/mol. The second kappa shape index (κ2) is 2.85. The number of carbonyl (C=O) groups is 1. The third kappa shape index (κ3) is 4.63. The highest BCUT2D eigenvalue weighted by atomic mass is 127. The summed E-state index contributed by atoms with van der Waals surface area (Å²) in [5.74, 6) is 0. The molecular weight excluding hydrogens is 202 g/mol. The van der Waals surface area contributed by atoms with Crippen molar-refractivity contribution in [1.29, 1.82) is 0 Å². The van der Waals surface area contributed by atoms with Gasteiger partial charge in [0.05, 0.1) is 6.22 Å². The molecule has 1 N–H and O–H groups in total. The first-order chi connectivity index (χ1) is 2.27. The smallest absolute Gasteiger partial charge is 0.330 e. The predicted octanol–water partition coefficient (Wildman–Crippen LogP) is 1.69. The molecule has 0 rings (SSSR count). The monoisotopic (exact) mass is 204 g/mol. The number of halogens is 1. The molecule has 0 amide bonds. The molecule has 0 bridgehead atoms. The van der Waals surface area contributed by atoms with Gasteiger partial charge in [-0.25, -0.2) is 4.79 Å². The molecule has 5 heavy (non-hydrogen) atoms. The standard InChI is InChI=1S/CH2IO2P/c2-5-1(3)4/h5H,(H,3,4). The van der Waals surface area contributed by atoms with E-state index in [1.807, 2.05) is 0 Å². The van der Waals surface area contributed by atoms with Gasteiger partial charge in [-0.2, -0.15) is 0 Å². The summed E-state index contributed by atoms with van der Waals surface area (Å²) < 4.78 is 0. The van der Waals surface area contributed by atoms with Gasteiger partial charge in [0.2, 0.25) is 0 Å². The number of hydrogen-bond donors (Lipinski definition) is 1. The maximum atomic E-state index is 9.37. The van der Waals surface area contributed by atoms with Gasteiger partial charge in [-0.3, -0.25) is 0 Å². The first kappa shape index (κ1) is 5.63. The third-order valence-electron chi connectivity index (χ3n) is 0.0808. The van der Waals surface area contributed by atoms with Crippen molar-refractivity contribution in [3.63, 3.8) is 0 Å². The molecule has 0 radical (unpaired) electrons. The fourth-order valence-corrected chi connectivity index (χ4v) is 0. The summed E-state index contributed by atoms with van der Waals surface area (Å²) in [6.45, 7) is 0. The van der Waals surface area contributed by atoms with Crippen LogP contribution in [0.5, 0.6) is 0 Å². The Morgan fingerprint density at radius 3 is 2.20 bits per heavy atom. The van der Waals surface area contributed by atoms with Gasteiger partial charge in [-0.05, 0) is 22.0 Å². The first-order valence-corrected chi connectivity index (χ1v) is 4.98. The summed E-state index contributed by atoms with van der Waals surface area (Å²) in [7, 11) is 0. The lowest BCUT2D eigenvalue weighted by molar-refractivity contribution is 0.222. The van der Waals surface area contributed by atoms with Crippen LogP contribution in [0.1, 0.15) is 0 Å². The number of rotatable bonds is 1. The van der Waals surface area contributed by atoms with Crippen molar-refractivity contribution < 1.29 is 9.90 Å². The molecular formula is CH2IO2P. The first-order valence-electron chi connectivity index (χ1n) is 0.867. The molecule has 0 heterocycles. The average Bonchev–Trinajstić information content (AvgIpc) is 1.38. The fraction of sp³-hybridized carbons (Fsp3) is 0. The molecule has 30 valence electrons.